The molecule has 0 saturated heterocycles. The van der Waals surface area contributed by atoms with Gasteiger partial charge in [-0.25, -0.2) is 0 Å². The number of hydrogen-bond donors (Lipinski definition) is 4. The van der Waals surface area contributed by atoms with Crippen LogP contribution in [-0.4, -0.2) is 25.9 Å². The van der Waals surface area contributed by atoms with E-state index in [1.54, 1.807) is 78.9 Å². The standard InChI is InChI=1S/C41H32N8O8S2.2Na/c1-24-7-5-6-10-32(24)43-31-19-20-33(34(50)23-31)47-44-29-15-11-25(12-16-29)26-13-17-30(18-14-26)46-48-39-35(58(52,53)54)21-27-22-36(59(55,56)57)40(41(51)37(27)38(39)42)49-45-28-8-3-2-4-9-28;;/h2-23,43,50-51H,42H2,1H3,(H,52,53,54)(H,55,56,57);;/q;2*+1/p-2. The number of hydrogen-bond acceptors (Lipinski definition) is 14. The third-order valence-electron chi connectivity index (χ3n) is 8.86. The molecular weight excluding hydrogens is 843 g/mol. The Morgan fingerprint density at radius 1 is 0.574 bits per heavy atom. The summed E-state index contributed by atoms with van der Waals surface area (Å²) in [6.07, 6.45) is 0. The summed E-state index contributed by atoms with van der Waals surface area (Å²) in [5, 5.41) is 52.9. The van der Waals surface area contributed by atoms with E-state index >= 15 is 0 Å². The number of nitrogens with two attached hydrogens (primary N) is 1. The molecule has 7 aromatic rings. The van der Waals surface area contributed by atoms with E-state index in [0.29, 0.717) is 11.4 Å². The molecule has 0 atom stereocenters. The van der Waals surface area contributed by atoms with Crippen LogP contribution >= 0.6 is 0 Å². The van der Waals surface area contributed by atoms with E-state index in [9.17, 15) is 36.2 Å². The van der Waals surface area contributed by atoms with Crippen molar-refractivity contribution < 1.29 is 95.3 Å². The fraction of sp³-hybridized carbons (Fsp3) is 0.0244. The summed E-state index contributed by atoms with van der Waals surface area (Å²) in [4.78, 5) is -1.84. The van der Waals surface area contributed by atoms with E-state index in [0.717, 1.165) is 34.5 Å². The number of azo groups is 3. The number of aryl methyl sites for hydroxylation is 1. The number of para-hydroxylation sites is 1. The molecule has 0 saturated carbocycles. The largest absolute Gasteiger partial charge is 1.00 e. The van der Waals surface area contributed by atoms with E-state index in [1.165, 1.54) is 18.2 Å². The molecule has 0 amide bonds. The Balaban J connectivity index is 0.00000352. The average molecular weight is 873 g/mol. The number of fused-ring (bicyclic) bond motifs is 1. The Hall–Kier alpha value is -5.38. The second kappa shape index (κ2) is 19.6. The molecule has 7 aromatic carbocycles. The SMILES string of the molecule is Cc1ccccc1Nc1ccc(N=Nc2ccc(-c3ccc(N=Nc4c(S(=O)(=O)O)cc5cc(S(=O)(=O)O)c(N=Nc6ccccc6)c([O-])c5c4N)cc3)cc2)c([O-])c1.[Na+].[Na+]. The molecule has 5 N–H and O–H groups in total. The predicted molar refractivity (Wildman–Crippen MR) is 219 cm³/mol. The van der Waals surface area contributed by atoms with Crippen LogP contribution in [-0.2, 0) is 20.2 Å². The first-order valence-electron chi connectivity index (χ1n) is 17.4. The van der Waals surface area contributed by atoms with Gasteiger partial charge in [0.1, 0.15) is 15.5 Å². The Labute approximate surface area is 394 Å². The van der Waals surface area contributed by atoms with Gasteiger partial charge in [-0.3, -0.25) is 9.11 Å². The first-order chi connectivity index (χ1) is 28.2. The van der Waals surface area contributed by atoms with Gasteiger partial charge in [-0.2, -0.15) is 37.3 Å². The molecule has 61 heavy (non-hydrogen) atoms. The Morgan fingerprint density at radius 2 is 1.07 bits per heavy atom. The monoisotopic (exact) mass is 872 g/mol. The summed E-state index contributed by atoms with van der Waals surface area (Å²) in [5.74, 6) is -1.41. The Bertz CT molecular complexity index is 3070. The molecule has 0 aliphatic rings. The molecule has 16 nitrogen and oxygen atoms in total. The minimum atomic E-state index is -5.09. The van der Waals surface area contributed by atoms with E-state index < -0.39 is 58.2 Å². The molecule has 0 spiro atoms. The van der Waals surface area contributed by atoms with Gasteiger partial charge >= 0.3 is 59.1 Å². The molecule has 0 fully saturated rings. The second-order valence-electron chi connectivity index (χ2n) is 12.9. The smallest absolute Gasteiger partial charge is 0.871 e. The van der Waals surface area contributed by atoms with Crippen LogP contribution < -0.4 is 80.4 Å². The molecule has 0 unspecified atom stereocenters. The first-order valence-corrected chi connectivity index (χ1v) is 20.2. The first kappa shape index (κ1) is 46.7. The maximum absolute atomic E-state index is 13.7. The zero-order valence-electron chi connectivity index (χ0n) is 32.6. The summed E-state index contributed by atoms with van der Waals surface area (Å²) in [6, 6.07) is 35.7. The second-order valence-corrected chi connectivity index (χ2v) is 15.7. The Kier molecular flexibility index (Phi) is 15.0. The molecule has 0 aliphatic carbocycles. The summed E-state index contributed by atoms with van der Waals surface area (Å²) < 4.78 is 69.5. The van der Waals surface area contributed by atoms with Crippen molar-refractivity contribution in [1.29, 1.82) is 0 Å². The fourth-order valence-electron chi connectivity index (χ4n) is 5.89. The summed E-state index contributed by atoms with van der Waals surface area (Å²) in [7, 11) is -10.2. The van der Waals surface area contributed by atoms with Gasteiger partial charge in [-0.15, -0.1) is 10.2 Å². The minimum Gasteiger partial charge on any atom is -0.871 e. The van der Waals surface area contributed by atoms with Crippen LogP contribution in [0.15, 0.2) is 174 Å². The van der Waals surface area contributed by atoms with Crippen molar-refractivity contribution in [2.24, 2.45) is 30.7 Å². The van der Waals surface area contributed by atoms with Gasteiger partial charge in [0, 0.05) is 16.8 Å². The number of rotatable bonds is 11. The van der Waals surface area contributed by atoms with Crippen molar-refractivity contribution in [3.05, 3.63) is 139 Å². The van der Waals surface area contributed by atoms with Gasteiger partial charge in [-0.05, 0) is 102 Å². The van der Waals surface area contributed by atoms with Crippen LogP contribution in [0.2, 0.25) is 0 Å². The Morgan fingerprint density at radius 3 is 1.61 bits per heavy atom. The predicted octanol–water partition coefficient (Wildman–Crippen LogP) is 4.04. The van der Waals surface area contributed by atoms with Gasteiger partial charge in [0.05, 0.1) is 34.1 Å². The molecule has 0 heterocycles. The fourth-order valence-corrected chi connectivity index (χ4v) is 7.22. The topological polar surface area (TPSA) is 267 Å². The summed E-state index contributed by atoms with van der Waals surface area (Å²) in [6.45, 7) is 1.97. The number of nitrogens with one attached hydrogen (secondary N) is 1. The number of anilines is 3. The maximum atomic E-state index is 13.7. The van der Waals surface area contributed by atoms with Gasteiger partial charge in [0.25, 0.3) is 20.2 Å². The van der Waals surface area contributed by atoms with E-state index in [1.807, 2.05) is 31.2 Å². The molecule has 0 radical (unpaired) electrons. The molecule has 0 aliphatic heterocycles. The van der Waals surface area contributed by atoms with Crippen molar-refractivity contribution in [3.63, 3.8) is 0 Å². The van der Waals surface area contributed by atoms with Gasteiger partial charge < -0.3 is 21.3 Å². The van der Waals surface area contributed by atoms with Crippen LogP contribution in [0, 0.1) is 6.92 Å². The van der Waals surface area contributed by atoms with E-state index in [2.05, 4.69) is 36.0 Å². The van der Waals surface area contributed by atoms with Crippen molar-refractivity contribution in [2.75, 3.05) is 11.1 Å². The average Bonchev–Trinajstić information content (AvgIpc) is 3.20. The molecular formula is C41H30N8Na2O8S2. The molecule has 296 valence electrons. The van der Waals surface area contributed by atoms with Crippen molar-refractivity contribution in [2.45, 2.75) is 16.7 Å². The van der Waals surface area contributed by atoms with E-state index in [-0.39, 0.29) is 87.3 Å². The van der Waals surface area contributed by atoms with E-state index in [4.69, 9.17) is 5.73 Å². The van der Waals surface area contributed by atoms with Gasteiger partial charge in [0.15, 0.2) is 0 Å². The normalized spacial score (nSPS) is 11.9. The number of nitrogen functional groups attached to an aromatic ring is 1. The quantitative estimate of drug-likeness (QED) is 0.0627. The van der Waals surface area contributed by atoms with Crippen LogP contribution in [0.5, 0.6) is 11.5 Å². The maximum Gasteiger partial charge on any atom is 1.00 e. The van der Waals surface area contributed by atoms with Gasteiger partial charge in [0.2, 0.25) is 0 Å². The van der Waals surface area contributed by atoms with Crippen molar-refractivity contribution in [3.8, 4) is 22.6 Å². The zero-order valence-corrected chi connectivity index (χ0v) is 38.3. The number of benzene rings is 7. The molecule has 20 heteroatoms. The van der Waals surface area contributed by atoms with Crippen molar-refractivity contribution in [1.82, 2.24) is 0 Å². The zero-order chi connectivity index (χ0) is 41.9. The van der Waals surface area contributed by atoms with Crippen LogP contribution in [0.1, 0.15) is 5.56 Å². The van der Waals surface area contributed by atoms with Crippen LogP contribution in [0.4, 0.5) is 51.2 Å². The van der Waals surface area contributed by atoms with Gasteiger partial charge in [-0.1, -0.05) is 72.2 Å². The van der Waals surface area contributed by atoms with Crippen LogP contribution in [0.25, 0.3) is 21.9 Å². The third-order valence-corrected chi connectivity index (χ3v) is 10.6. The summed E-state index contributed by atoms with van der Waals surface area (Å²) >= 11 is 0. The van der Waals surface area contributed by atoms with Crippen LogP contribution in [0.3, 0.4) is 0 Å². The molecule has 0 bridgehead atoms. The minimum absolute atomic E-state index is 0. The third kappa shape index (κ3) is 10.9. The molecule has 7 rings (SSSR count). The van der Waals surface area contributed by atoms with Crippen molar-refractivity contribution >= 4 is 82.2 Å². The number of nitrogens with zero attached hydrogens (tertiary/aromatic N) is 6. The summed E-state index contributed by atoms with van der Waals surface area (Å²) in [5.41, 5.74) is 9.62. The molecule has 0 aromatic heterocycles.